The first-order valence-electron chi connectivity index (χ1n) is 9.14. The number of aliphatic carboxylic acids is 1. The Morgan fingerprint density at radius 1 is 1.20 bits per heavy atom. The van der Waals surface area contributed by atoms with Crippen LogP contribution in [-0.2, 0) is 10.4 Å². The topological polar surface area (TPSA) is 60.8 Å². The van der Waals surface area contributed by atoms with E-state index in [1.54, 1.807) is 24.3 Å². The number of carboxylic acid groups (broad SMARTS) is 1. The normalized spacial score (nSPS) is 22.7. The third kappa shape index (κ3) is 4.84. The summed E-state index contributed by atoms with van der Waals surface area (Å²) in [5.74, 6) is 5.57. The van der Waals surface area contributed by atoms with Gasteiger partial charge in [0.25, 0.3) is 0 Å². The highest BCUT2D eigenvalue weighted by Crippen LogP contribution is 2.42. The van der Waals surface area contributed by atoms with Crippen LogP contribution in [0.4, 0.5) is 0 Å². The quantitative estimate of drug-likeness (QED) is 0.779. The summed E-state index contributed by atoms with van der Waals surface area (Å²) in [6.07, 6.45) is 4.15. The Kier molecular flexibility index (Phi) is 7.04. The number of hydrogen-bond acceptors (Lipinski definition) is 3. The summed E-state index contributed by atoms with van der Waals surface area (Å²) >= 11 is 0. The molecular weight excluding hydrogens is 314 g/mol. The van der Waals surface area contributed by atoms with Crippen LogP contribution in [0.2, 0.25) is 0 Å². The highest BCUT2D eigenvalue weighted by Gasteiger charge is 2.46. The molecule has 1 aromatic rings. The van der Waals surface area contributed by atoms with Gasteiger partial charge in [-0.15, -0.1) is 5.92 Å². The molecule has 1 atom stereocenters. The molecule has 0 spiro atoms. The molecule has 136 valence electrons. The maximum atomic E-state index is 11.8. The van der Waals surface area contributed by atoms with Gasteiger partial charge in [-0.2, -0.15) is 0 Å². The van der Waals surface area contributed by atoms with Gasteiger partial charge in [0.1, 0.15) is 0 Å². The molecule has 25 heavy (non-hydrogen) atoms. The van der Waals surface area contributed by atoms with Gasteiger partial charge < -0.3 is 10.2 Å². The Hall–Kier alpha value is -1.83. The van der Waals surface area contributed by atoms with E-state index in [2.05, 4.69) is 30.7 Å². The molecule has 0 bridgehead atoms. The predicted molar refractivity (Wildman–Crippen MR) is 99.0 cm³/mol. The van der Waals surface area contributed by atoms with Gasteiger partial charge in [-0.25, -0.2) is 4.79 Å². The Labute approximate surface area is 150 Å². The molecular formula is C21H29NO3. The van der Waals surface area contributed by atoms with Crippen molar-refractivity contribution >= 4 is 5.97 Å². The van der Waals surface area contributed by atoms with E-state index in [4.69, 9.17) is 0 Å². The van der Waals surface area contributed by atoms with Crippen molar-refractivity contribution in [3.8, 4) is 11.8 Å². The number of carbonyl (C=O) groups is 1. The van der Waals surface area contributed by atoms with Crippen molar-refractivity contribution < 1.29 is 15.0 Å². The van der Waals surface area contributed by atoms with E-state index in [-0.39, 0.29) is 5.92 Å². The first-order valence-corrected chi connectivity index (χ1v) is 9.14. The molecule has 0 aromatic heterocycles. The average Bonchev–Trinajstić information content (AvgIpc) is 2.65. The van der Waals surface area contributed by atoms with Crippen LogP contribution in [0.5, 0.6) is 0 Å². The largest absolute Gasteiger partial charge is 0.479 e. The van der Waals surface area contributed by atoms with Gasteiger partial charge in [-0.3, -0.25) is 4.90 Å². The second kappa shape index (κ2) is 9.03. The van der Waals surface area contributed by atoms with Gasteiger partial charge in [-0.1, -0.05) is 43.2 Å². The number of hydrogen-bond donors (Lipinski definition) is 2. The molecule has 1 saturated carbocycles. The number of benzene rings is 1. The molecule has 4 heteroatoms. The third-order valence-electron chi connectivity index (χ3n) is 5.38. The minimum Gasteiger partial charge on any atom is -0.479 e. The fourth-order valence-corrected chi connectivity index (χ4v) is 3.53. The molecule has 2 N–H and O–H groups in total. The Bertz CT molecular complexity index is 611. The molecule has 1 fully saturated rings. The minimum absolute atomic E-state index is 0.247. The number of nitrogens with zero attached hydrogens (tertiary/aromatic N) is 1. The summed E-state index contributed by atoms with van der Waals surface area (Å²) < 4.78 is 0. The van der Waals surface area contributed by atoms with Gasteiger partial charge >= 0.3 is 5.97 Å². The zero-order valence-electron chi connectivity index (χ0n) is 15.2. The lowest BCUT2D eigenvalue weighted by molar-refractivity contribution is -0.169. The van der Waals surface area contributed by atoms with Crippen molar-refractivity contribution in [3.05, 3.63) is 35.9 Å². The molecule has 0 radical (unpaired) electrons. The molecule has 4 nitrogen and oxygen atoms in total. The summed E-state index contributed by atoms with van der Waals surface area (Å²) in [6, 6.07) is 8.79. The average molecular weight is 343 g/mol. The van der Waals surface area contributed by atoms with Crippen molar-refractivity contribution in [2.24, 2.45) is 11.8 Å². The Morgan fingerprint density at radius 2 is 1.84 bits per heavy atom. The first-order chi connectivity index (χ1) is 12.0. The highest BCUT2D eigenvalue weighted by atomic mass is 16.4. The molecule has 0 aliphatic heterocycles. The summed E-state index contributed by atoms with van der Waals surface area (Å²) in [7, 11) is 2.05. The van der Waals surface area contributed by atoms with Crippen molar-refractivity contribution in [2.45, 2.75) is 44.6 Å². The van der Waals surface area contributed by atoms with E-state index in [0.29, 0.717) is 11.5 Å². The van der Waals surface area contributed by atoms with Crippen LogP contribution in [0.25, 0.3) is 0 Å². The monoisotopic (exact) mass is 343 g/mol. The van der Waals surface area contributed by atoms with Crippen LogP contribution in [0, 0.1) is 23.7 Å². The maximum absolute atomic E-state index is 11.8. The second-order valence-electron chi connectivity index (χ2n) is 7.04. The van der Waals surface area contributed by atoms with Crippen LogP contribution in [0.1, 0.15) is 44.6 Å². The van der Waals surface area contributed by atoms with Crippen molar-refractivity contribution in [1.29, 1.82) is 0 Å². The zero-order chi connectivity index (χ0) is 18.3. The maximum Gasteiger partial charge on any atom is 0.340 e. The Balaban J connectivity index is 1.95. The van der Waals surface area contributed by atoms with Crippen molar-refractivity contribution in [3.63, 3.8) is 0 Å². The number of carboxylic acids is 1. The third-order valence-corrected chi connectivity index (χ3v) is 5.38. The lowest BCUT2D eigenvalue weighted by Crippen LogP contribution is -2.44. The molecule has 1 aliphatic carbocycles. The van der Waals surface area contributed by atoms with Crippen LogP contribution >= 0.6 is 0 Å². The lowest BCUT2D eigenvalue weighted by Gasteiger charge is -2.37. The van der Waals surface area contributed by atoms with Gasteiger partial charge in [-0.05, 0) is 50.8 Å². The van der Waals surface area contributed by atoms with Crippen LogP contribution in [-0.4, -0.2) is 41.2 Å². The van der Waals surface area contributed by atoms with Gasteiger partial charge in [0.15, 0.2) is 5.60 Å². The minimum atomic E-state index is -1.79. The molecule has 2 rings (SSSR count). The van der Waals surface area contributed by atoms with E-state index in [1.165, 1.54) is 0 Å². The summed E-state index contributed by atoms with van der Waals surface area (Å²) in [5, 5.41) is 20.6. The van der Waals surface area contributed by atoms with Gasteiger partial charge in [0, 0.05) is 12.3 Å². The van der Waals surface area contributed by atoms with E-state index in [0.717, 1.165) is 45.2 Å². The molecule has 0 saturated heterocycles. The zero-order valence-corrected chi connectivity index (χ0v) is 15.2. The molecule has 1 aliphatic rings. The van der Waals surface area contributed by atoms with E-state index < -0.39 is 11.6 Å². The fraction of sp³-hybridized carbons (Fsp3) is 0.571. The summed E-state index contributed by atoms with van der Waals surface area (Å²) in [4.78, 5) is 14.0. The Morgan fingerprint density at radius 3 is 2.40 bits per heavy atom. The van der Waals surface area contributed by atoms with E-state index in [1.807, 2.05) is 6.07 Å². The van der Waals surface area contributed by atoms with Crippen LogP contribution < -0.4 is 0 Å². The summed E-state index contributed by atoms with van der Waals surface area (Å²) in [6.45, 7) is 3.89. The standard InChI is InChI=1S/C21H29NO3/c1-3-22(2)16-8-7-9-17-12-14-19(15-13-17)21(25,20(23)24)18-10-5-4-6-11-18/h4-6,10-11,17,19,25H,3,9,12-16H2,1-2H3,(H,23,24)/t17?,19?,21-/m0/s1. The fourth-order valence-electron chi connectivity index (χ4n) is 3.53. The van der Waals surface area contributed by atoms with E-state index in [9.17, 15) is 15.0 Å². The highest BCUT2D eigenvalue weighted by molar-refractivity contribution is 5.79. The first kappa shape index (κ1) is 19.5. The van der Waals surface area contributed by atoms with E-state index >= 15 is 0 Å². The second-order valence-corrected chi connectivity index (χ2v) is 7.04. The predicted octanol–water partition coefficient (Wildman–Crippen LogP) is 3.11. The molecule has 0 unspecified atom stereocenters. The number of aliphatic hydroxyl groups is 1. The van der Waals surface area contributed by atoms with Crippen LogP contribution in [0.3, 0.4) is 0 Å². The molecule has 0 heterocycles. The molecule has 1 aromatic carbocycles. The van der Waals surface area contributed by atoms with Crippen LogP contribution in [0.15, 0.2) is 30.3 Å². The number of rotatable bonds is 6. The van der Waals surface area contributed by atoms with Gasteiger partial charge in [0.05, 0.1) is 6.54 Å². The van der Waals surface area contributed by atoms with Crippen molar-refractivity contribution in [1.82, 2.24) is 4.90 Å². The smallest absolute Gasteiger partial charge is 0.340 e. The van der Waals surface area contributed by atoms with Gasteiger partial charge in [0.2, 0.25) is 0 Å². The molecule has 0 amide bonds. The van der Waals surface area contributed by atoms with Crippen molar-refractivity contribution in [2.75, 3.05) is 20.1 Å². The summed E-state index contributed by atoms with van der Waals surface area (Å²) in [5.41, 5.74) is -1.31. The SMILES string of the molecule is CCN(C)CC#CCC1CCC([C@](O)(C(=O)O)c2ccccc2)CC1. The lowest BCUT2D eigenvalue weighted by atomic mass is 9.70.